The van der Waals surface area contributed by atoms with Gasteiger partial charge in [0.2, 0.25) is 11.5 Å². The van der Waals surface area contributed by atoms with E-state index in [9.17, 15) is 50.4 Å². The molecular weight excluding hydrogens is 684 g/mol. The van der Waals surface area contributed by atoms with Crippen LogP contribution in [0.15, 0.2) is 42.5 Å². The van der Waals surface area contributed by atoms with Gasteiger partial charge in [0.05, 0.1) is 27.9 Å². The molecule has 2 heterocycles. The fraction of sp³-hybridized carbons (Fsp3) is 0.455. The lowest BCUT2D eigenvalue weighted by Gasteiger charge is -2.44. The molecule has 280 valence electrons. The minimum atomic E-state index is -2.49. The summed E-state index contributed by atoms with van der Waals surface area (Å²) in [6.45, 7) is -2.63. The average molecular weight is 725 g/mol. The van der Waals surface area contributed by atoms with Crippen LogP contribution in [0.1, 0.15) is 11.1 Å². The Balaban J connectivity index is 1.43. The first kappa shape index (κ1) is 39.3. The Morgan fingerprint density at radius 1 is 0.804 bits per heavy atom. The van der Waals surface area contributed by atoms with Crippen molar-refractivity contribution < 1.29 is 88.3 Å². The monoisotopic (exact) mass is 724 g/mol. The lowest BCUT2D eigenvalue weighted by molar-refractivity contribution is -0.383. The predicted molar refractivity (Wildman–Crippen MR) is 170 cm³/mol. The van der Waals surface area contributed by atoms with E-state index in [-0.39, 0.29) is 28.7 Å². The first-order valence-corrected chi connectivity index (χ1v) is 15.3. The molecule has 2 aromatic rings. The van der Waals surface area contributed by atoms with Crippen molar-refractivity contribution in [2.45, 2.75) is 54.8 Å². The van der Waals surface area contributed by atoms with Crippen LogP contribution in [0.4, 0.5) is 0 Å². The van der Waals surface area contributed by atoms with Crippen LogP contribution >= 0.6 is 0 Å². The van der Waals surface area contributed by atoms with E-state index in [4.69, 9.17) is 37.9 Å². The molecule has 0 saturated carbocycles. The van der Waals surface area contributed by atoms with Gasteiger partial charge in [-0.05, 0) is 47.5 Å². The van der Waals surface area contributed by atoms with Crippen molar-refractivity contribution in [1.29, 1.82) is 0 Å². The number of benzene rings is 2. The molecule has 4 rings (SSSR count). The number of methoxy groups -OCH3 is 3. The summed E-state index contributed by atoms with van der Waals surface area (Å²) < 4.78 is 42.2. The zero-order valence-electron chi connectivity index (χ0n) is 27.6. The third-order valence-corrected chi connectivity index (χ3v) is 8.04. The molecule has 18 nitrogen and oxygen atoms in total. The van der Waals surface area contributed by atoms with Crippen molar-refractivity contribution in [1.82, 2.24) is 0 Å². The number of aliphatic hydroxyl groups excluding tert-OH is 6. The van der Waals surface area contributed by atoms with Gasteiger partial charge in [0.25, 0.3) is 0 Å². The number of phenols is 2. The zero-order chi connectivity index (χ0) is 37.5. The highest BCUT2D eigenvalue weighted by Gasteiger charge is 2.59. The largest absolute Gasteiger partial charge is 0.504 e. The van der Waals surface area contributed by atoms with E-state index < -0.39 is 86.6 Å². The minimum Gasteiger partial charge on any atom is -0.504 e. The van der Waals surface area contributed by atoms with E-state index in [1.165, 1.54) is 63.8 Å². The van der Waals surface area contributed by atoms with Gasteiger partial charge in [0.15, 0.2) is 35.4 Å². The van der Waals surface area contributed by atoms with E-state index in [0.29, 0.717) is 11.1 Å². The SMILES string of the molecule is COc1cc(C=CC(=O)OCC2OC(CO)(OC3OC(CO)C(O)C(OC(=O)C=Cc4cc(OC)c(O)c(OC)c4)C3O)C(O)C2O)ccc1O. The number of aromatic hydroxyl groups is 2. The molecule has 2 saturated heterocycles. The quantitative estimate of drug-likeness (QED) is 0.0819. The second-order valence-electron chi connectivity index (χ2n) is 11.3. The van der Waals surface area contributed by atoms with Gasteiger partial charge in [0, 0.05) is 12.2 Å². The molecule has 2 aliphatic heterocycles. The fourth-order valence-electron chi connectivity index (χ4n) is 5.27. The number of ether oxygens (including phenoxy) is 8. The average Bonchev–Trinajstić information content (AvgIpc) is 3.37. The molecule has 2 aromatic carbocycles. The second kappa shape index (κ2) is 17.1. The summed E-state index contributed by atoms with van der Waals surface area (Å²) in [6, 6.07) is 7.11. The molecule has 0 aliphatic carbocycles. The van der Waals surface area contributed by atoms with E-state index in [1.54, 1.807) is 0 Å². The van der Waals surface area contributed by atoms with E-state index in [1.807, 2.05) is 0 Å². The Labute approximate surface area is 290 Å². The zero-order valence-corrected chi connectivity index (χ0v) is 27.6. The van der Waals surface area contributed by atoms with Gasteiger partial charge < -0.3 is 78.7 Å². The highest BCUT2D eigenvalue weighted by Crippen LogP contribution is 2.38. The molecule has 8 N–H and O–H groups in total. The van der Waals surface area contributed by atoms with Gasteiger partial charge in [-0.25, -0.2) is 9.59 Å². The summed E-state index contributed by atoms with van der Waals surface area (Å²) in [7, 11) is 3.98. The summed E-state index contributed by atoms with van der Waals surface area (Å²) in [5.41, 5.74) is 0.823. The van der Waals surface area contributed by atoms with Crippen molar-refractivity contribution >= 4 is 24.1 Å². The summed E-state index contributed by atoms with van der Waals surface area (Å²) in [5.74, 6) is -4.57. The van der Waals surface area contributed by atoms with E-state index in [0.717, 1.165) is 12.2 Å². The van der Waals surface area contributed by atoms with E-state index >= 15 is 0 Å². The van der Waals surface area contributed by atoms with Gasteiger partial charge in [0.1, 0.15) is 49.8 Å². The molecule has 0 bridgehead atoms. The molecule has 51 heavy (non-hydrogen) atoms. The molecule has 0 aromatic heterocycles. The van der Waals surface area contributed by atoms with Crippen LogP contribution in [0.25, 0.3) is 12.2 Å². The van der Waals surface area contributed by atoms with Crippen molar-refractivity contribution in [2.75, 3.05) is 41.2 Å². The van der Waals surface area contributed by atoms with Crippen LogP contribution in [-0.2, 0) is 33.3 Å². The number of aliphatic hydroxyl groups is 6. The fourth-order valence-corrected chi connectivity index (χ4v) is 5.27. The topological polar surface area (TPSA) is 270 Å². The Hall–Kier alpha value is -4.50. The Bertz CT molecular complexity index is 1550. The maximum atomic E-state index is 12.8. The Kier molecular flexibility index (Phi) is 13.2. The third-order valence-electron chi connectivity index (χ3n) is 8.04. The van der Waals surface area contributed by atoms with Gasteiger partial charge >= 0.3 is 11.9 Å². The summed E-state index contributed by atoms with van der Waals surface area (Å²) in [4.78, 5) is 25.1. The highest BCUT2D eigenvalue weighted by atomic mass is 16.8. The number of esters is 2. The minimum absolute atomic E-state index is 0.0481. The van der Waals surface area contributed by atoms with Crippen molar-refractivity contribution in [2.24, 2.45) is 0 Å². The third kappa shape index (κ3) is 8.87. The van der Waals surface area contributed by atoms with Crippen molar-refractivity contribution in [3.05, 3.63) is 53.6 Å². The highest BCUT2D eigenvalue weighted by molar-refractivity contribution is 5.88. The van der Waals surface area contributed by atoms with Crippen LogP contribution in [-0.4, -0.2) is 149 Å². The van der Waals surface area contributed by atoms with E-state index in [2.05, 4.69) is 0 Å². The van der Waals surface area contributed by atoms with Gasteiger partial charge in [-0.15, -0.1) is 0 Å². The molecule has 0 radical (unpaired) electrons. The van der Waals surface area contributed by atoms with Gasteiger partial charge in [-0.3, -0.25) is 0 Å². The maximum Gasteiger partial charge on any atom is 0.331 e. The normalized spacial score (nSPS) is 29.3. The number of phenolic OH excluding ortho intramolecular Hbond substituents is 2. The summed E-state index contributed by atoms with van der Waals surface area (Å²) in [5, 5.41) is 83.1. The van der Waals surface area contributed by atoms with Crippen molar-refractivity contribution in [3.8, 4) is 28.7 Å². The molecule has 2 fully saturated rings. The number of hydrogen-bond acceptors (Lipinski definition) is 18. The lowest BCUT2D eigenvalue weighted by atomic mass is 9.98. The standard InChI is InChI=1S/C33H40O18/c1-44-19-10-16(4-7-18(19)36)5-8-24(37)47-14-23-28(41)31(43)33(15-35,50-23)51-32-29(42)30(27(40)22(13-34)48-32)49-25(38)9-6-17-11-20(45-2)26(39)21(12-17)46-3/h4-12,22-23,27-32,34-36,39-43H,13-15H2,1-3H3. The first-order valence-electron chi connectivity index (χ1n) is 15.3. The molecule has 9 atom stereocenters. The van der Waals surface area contributed by atoms with Crippen LogP contribution in [0.2, 0.25) is 0 Å². The summed E-state index contributed by atoms with van der Waals surface area (Å²) >= 11 is 0. The predicted octanol–water partition coefficient (Wildman–Crippen LogP) is -1.43. The van der Waals surface area contributed by atoms with Crippen LogP contribution in [0.3, 0.4) is 0 Å². The Morgan fingerprint density at radius 3 is 2.02 bits per heavy atom. The molecule has 2 aliphatic rings. The smallest absolute Gasteiger partial charge is 0.331 e. The van der Waals surface area contributed by atoms with Crippen molar-refractivity contribution in [3.63, 3.8) is 0 Å². The number of rotatable bonds is 14. The van der Waals surface area contributed by atoms with Crippen LogP contribution < -0.4 is 14.2 Å². The lowest BCUT2D eigenvalue weighted by Crippen LogP contribution is -2.63. The number of carbonyl (C=O) groups is 2. The Morgan fingerprint density at radius 2 is 1.41 bits per heavy atom. The molecule has 0 amide bonds. The number of hydrogen-bond donors (Lipinski definition) is 8. The molecular formula is C33H40O18. The first-order chi connectivity index (χ1) is 24.3. The molecule has 18 heteroatoms. The molecule has 0 spiro atoms. The molecule has 9 unspecified atom stereocenters. The summed E-state index contributed by atoms with van der Waals surface area (Å²) in [6.07, 6.45) is -9.71. The van der Waals surface area contributed by atoms with Gasteiger partial charge in [-0.2, -0.15) is 0 Å². The number of carbonyl (C=O) groups excluding carboxylic acids is 2. The second-order valence-corrected chi connectivity index (χ2v) is 11.3. The van der Waals surface area contributed by atoms with Crippen LogP contribution in [0.5, 0.6) is 28.7 Å². The maximum absolute atomic E-state index is 12.8. The van der Waals surface area contributed by atoms with Gasteiger partial charge in [-0.1, -0.05) is 6.07 Å². The van der Waals surface area contributed by atoms with Crippen LogP contribution in [0, 0.1) is 0 Å².